The fourth-order valence-electron chi connectivity index (χ4n) is 11.6. The third-order valence-electron chi connectivity index (χ3n) is 14.2. The van der Waals surface area contributed by atoms with E-state index in [1.54, 1.807) is 34.5 Å². The number of ketones is 1. The molecule has 4 heterocycles. The van der Waals surface area contributed by atoms with Gasteiger partial charge in [-0.25, -0.2) is 0 Å². The summed E-state index contributed by atoms with van der Waals surface area (Å²) in [6.07, 6.45) is 1.46. The number of benzene rings is 5. The Morgan fingerprint density at radius 2 is 1.49 bits per heavy atom. The first-order chi connectivity index (χ1) is 28.2. The number of phenols is 1. The molecule has 0 amide bonds. The Labute approximate surface area is 345 Å². The lowest BCUT2D eigenvalue weighted by Crippen LogP contribution is -2.59. The minimum absolute atomic E-state index is 0.0243. The second kappa shape index (κ2) is 12.8. The number of carbonyl (C=O) groups is 1. The van der Waals surface area contributed by atoms with Crippen LogP contribution in [0.25, 0.3) is 33.0 Å². The number of aromatic hydroxyl groups is 1. The van der Waals surface area contributed by atoms with Crippen LogP contribution in [0.15, 0.2) is 42.5 Å². The molecule has 0 radical (unpaired) electrons. The van der Waals surface area contributed by atoms with Crippen molar-refractivity contribution >= 4 is 16.6 Å². The van der Waals surface area contributed by atoms with Crippen molar-refractivity contribution in [3.05, 3.63) is 87.0 Å². The molecule has 0 saturated heterocycles. The summed E-state index contributed by atoms with van der Waals surface area (Å²) in [4.78, 5) is 17.1. The number of phenolic OH excluding ortho intramolecular Hbond substituents is 1. The van der Waals surface area contributed by atoms with Gasteiger partial charge in [0, 0.05) is 69.7 Å². The first-order valence-electron chi connectivity index (χ1n) is 20.6. The number of ether oxygens (including phenoxy) is 6. The number of carbonyl (C=O) groups excluding carboxylic acids is 1. The molecule has 1 spiro atoms. The number of hydrogen-bond donors (Lipinski definition) is 2. The van der Waals surface area contributed by atoms with E-state index in [0.29, 0.717) is 40.7 Å². The number of nitrogens with one attached hydrogen (secondary N) is 1. The topological polar surface area (TPSA) is 108 Å². The van der Waals surface area contributed by atoms with E-state index >= 15 is 0 Å². The lowest BCUT2D eigenvalue weighted by molar-refractivity contribution is -0.0642. The van der Waals surface area contributed by atoms with Gasteiger partial charge in [-0.3, -0.25) is 9.69 Å². The van der Waals surface area contributed by atoms with Gasteiger partial charge in [0.05, 0.1) is 45.8 Å². The zero-order valence-electron chi connectivity index (χ0n) is 35.7. The van der Waals surface area contributed by atoms with Gasteiger partial charge in [0.25, 0.3) is 0 Å². The minimum atomic E-state index is -1.34. The fraction of sp³-hybridized carbons (Fsp3) is 0.408. The van der Waals surface area contributed by atoms with Crippen molar-refractivity contribution < 1.29 is 38.3 Å². The van der Waals surface area contributed by atoms with E-state index in [4.69, 9.17) is 28.4 Å². The largest absolute Gasteiger partial charge is 0.507 e. The van der Waals surface area contributed by atoms with Gasteiger partial charge in [-0.2, -0.15) is 0 Å². The van der Waals surface area contributed by atoms with Crippen molar-refractivity contribution in [2.45, 2.75) is 96.2 Å². The average molecular weight is 797 g/mol. The van der Waals surface area contributed by atoms with Crippen LogP contribution in [-0.4, -0.2) is 69.0 Å². The Kier molecular flexibility index (Phi) is 8.18. The molecule has 4 aliphatic heterocycles. The average Bonchev–Trinajstić information content (AvgIpc) is 3.44. The molecule has 10 rings (SSSR count). The number of aryl methyl sites for hydroxylation is 1. The Balaban J connectivity index is 1.37. The third-order valence-corrected chi connectivity index (χ3v) is 14.2. The maximum absolute atomic E-state index is 14.8. The van der Waals surface area contributed by atoms with E-state index in [0.717, 1.165) is 84.1 Å². The van der Waals surface area contributed by atoms with Crippen LogP contribution in [0, 0.1) is 6.92 Å². The zero-order valence-corrected chi connectivity index (χ0v) is 35.7. The summed E-state index contributed by atoms with van der Waals surface area (Å²) in [7, 11) is 8.78. The van der Waals surface area contributed by atoms with Crippen LogP contribution >= 0.6 is 0 Å². The second-order valence-corrected chi connectivity index (χ2v) is 17.6. The SMILES string of the molecule is COc1ccc2c3c1C(=O)C[C@]1(C)Oc4c(cc(-c5c(O)cc(OC)c6c5C[C@H](C)N(C)[C@@H]6C)c5cc(C)cc(OC)c45)[C@]31Oc1cc(OC)c3c(c1-2)C[C@@H](C)N[C@@H]3C. The normalized spacial score (nSPS) is 26.1. The van der Waals surface area contributed by atoms with E-state index in [2.05, 4.69) is 63.2 Å². The summed E-state index contributed by atoms with van der Waals surface area (Å²) >= 11 is 0. The molecule has 0 aromatic heterocycles. The Morgan fingerprint density at radius 3 is 2.20 bits per heavy atom. The Bertz CT molecular complexity index is 2690. The zero-order chi connectivity index (χ0) is 41.6. The summed E-state index contributed by atoms with van der Waals surface area (Å²) in [5.41, 5.74) is 8.14. The third kappa shape index (κ3) is 4.78. The van der Waals surface area contributed by atoms with Crippen molar-refractivity contribution in [1.29, 1.82) is 0 Å². The molecular weight excluding hydrogens is 745 g/mol. The van der Waals surface area contributed by atoms with Crippen molar-refractivity contribution in [1.82, 2.24) is 10.2 Å². The molecule has 10 heteroatoms. The highest BCUT2D eigenvalue weighted by Crippen LogP contribution is 2.68. The molecule has 0 unspecified atom stereocenters. The Morgan fingerprint density at radius 1 is 0.797 bits per heavy atom. The molecule has 306 valence electrons. The molecular formula is C49H52N2O8. The molecule has 59 heavy (non-hydrogen) atoms. The lowest BCUT2D eigenvalue weighted by Gasteiger charge is -2.50. The number of methoxy groups -OCH3 is 4. The van der Waals surface area contributed by atoms with Crippen LogP contribution in [0.2, 0.25) is 0 Å². The van der Waals surface area contributed by atoms with Gasteiger partial charge in [0.15, 0.2) is 11.4 Å². The molecule has 0 bridgehead atoms. The molecule has 1 aliphatic carbocycles. The predicted molar refractivity (Wildman–Crippen MR) is 227 cm³/mol. The maximum atomic E-state index is 14.8. The molecule has 5 aromatic rings. The number of rotatable bonds is 5. The summed E-state index contributed by atoms with van der Waals surface area (Å²) in [6, 6.07) is 14.5. The van der Waals surface area contributed by atoms with Gasteiger partial charge in [-0.15, -0.1) is 0 Å². The summed E-state index contributed by atoms with van der Waals surface area (Å²) in [5.74, 6) is 3.80. The molecule has 2 N–H and O–H groups in total. The van der Waals surface area contributed by atoms with Crippen LogP contribution in [-0.2, 0) is 18.4 Å². The minimum Gasteiger partial charge on any atom is -0.507 e. The lowest BCUT2D eigenvalue weighted by atomic mass is 9.62. The van der Waals surface area contributed by atoms with Crippen LogP contribution in [0.5, 0.6) is 40.2 Å². The van der Waals surface area contributed by atoms with E-state index < -0.39 is 11.2 Å². The number of Topliss-reactive ketones (excluding diaryl/α,β-unsaturated/α-hetero) is 1. The van der Waals surface area contributed by atoms with Gasteiger partial charge in [0.1, 0.15) is 40.2 Å². The highest BCUT2D eigenvalue weighted by atomic mass is 16.6. The van der Waals surface area contributed by atoms with Crippen molar-refractivity contribution in [3.8, 4) is 62.5 Å². The van der Waals surface area contributed by atoms with Crippen LogP contribution in [0.4, 0.5) is 0 Å². The first kappa shape index (κ1) is 37.8. The van der Waals surface area contributed by atoms with Crippen molar-refractivity contribution in [3.63, 3.8) is 0 Å². The smallest absolute Gasteiger partial charge is 0.203 e. The van der Waals surface area contributed by atoms with Crippen molar-refractivity contribution in [2.24, 2.45) is 0 Å². The highest BCUT2D eigenvalue weighted by Gasteiger charge is 2.68. The van der Waals surface area contributed by atoms with Gasteiger partial charge in [-0.1, -0.05) is 12.1 Å². The van der Waals surface area contributed by atoms with E-state index in [1.807, 2.05) is 32.0 Å². The number of likely N-dealkylation sites (N-methyl/N-ethyl adjacent to an activating group) is 1. The van der Waals surface area contributed by atoms with E-state index in [9.17, 15) is 9.90 Å². The van der Waals surface area contributed by atoms with Gasteiger partial charge >= 0.3 is 0 Å². The van der Waals surface area contributed by atoms with Gasteiger partial charge in [-0.05, 0) is 113 Å². The Hall–Kier alpha value is -5.45. The van der Waals surface area contributed by atoms with Gasteiger partial charge in [0.2, 0.25) is 5.60 Å². The fourth-order valence-corrected chi connectivity index (χ4v) is 11.6. The van der Waals surface area contributed by atoms with E-state index in [1.165, 1.54) is 0 Å². The van der Waals surface area contributed by atoms with Crippen LogP contribution < -0.4 is 33.7 Å². The first-order valence-corrected chi connectivity index (χ1v) is 20.6. The molecule has 10 nitrogen and oxygen atoms in total. The molecule has 6 atom stereocenters. The predicted octanol–water partition coefficient (Wildman–Crippen LogP) is 9.13. The number of nitrogens with zero attached hydrogens (tertiary/aromatic N) is 1. The summed E-state index contributed by atoms with van der Waals surface area (Å²) in [6.45, 7) is 12.8. The summed E-state index contributed by atoms with van der Waals surface area (Å²) in [5, 5.41) is 17.6. The van der Waals surface area contributed by atoms with Crippen LogP contribution in [0.1, 0.15) is 102 Å². The second-order valence-electron chi connectivity index (χ2n) is 17.6. The molecule has 5 aromatic carbocycles. The highest BCUT2D eigenvalue weighted by molar-refractivity contribution is 6.10. The maximum Gasteiger partial charge on any atom is 0.203 e. The number of hydrogen-bond acceptors (Lipinski definition) is 10. The van der Waals surface area contributed by atoms with Gasteiger partial charge < -0.3 is 38.8 Å². The summed E-state index contributed by atoms with van der Waals surface area (Å²) < 4.78 is 39.4. The van der Waals surface area contributed by atoms with Crippen LogP contribution in [0.3, 0.4) is 0 Å². The monoisotopic (exact) mass is 796 g/mol. The van der Waals surface area contributed by atoms with E-state index in [-0.39, 0.29) is 42.1 Å². The molecule has 5 aliphatic rings. The quantitative estimate of drug-likeness (QED) is 0.179. The molecule has 0 fully saturated rings. The standard InChI is InChI=1S/C49H52N2O8/c1-22-14-28-29(42-31-17-24(3)51(7)26(5)41(31)37(56-10)19-33(42)52)18-32-47(44(28)36(15-22)55-9)59-48(6)21-34(53)45-35(54-8)13-12-27-43-30-16-23(2)50-25(4)40(30)38(57-11)20-39(43)58-49(32,48)46(27)45/h12-15,18-20,23-26,50,52H,16-17,21H2,1-11H3/t23-,24+,25-,26-,48+,49+/m1/s1. The van der Waals surface area contributed by atoms with Crippen molar-refractivity contribution in [2.75, 3.05) is 35.5 Å². The molecule has 0 saturated carbocycles. The number of fused-ring (bicyclic) bond motifs is 8.